The molecule has 1 fully saturated rings. The number of hydrazine groups is 1. The summed E-state index contributed by atoms with van der Waals surface area (Å²) in [5.41, 5.74) is 0.648. The summed E-state index contributed by atoms with van der Waals surface area (Å²) in [5, 5.41) is 18.9. The first kappa shape index (κ1) is 16.4. The highest BCUT2D eigenvalue weighted by molar-refractivity contribution is 6.05. The molecule has 1 aromatic carbocycles. The highest BCUT2D eigenvalue weighted by Gasteiger charge is 2.44. The molecule has 2 rings (SSSR count). The van der Waals surface area contributed by atoms with E-state index in [1.54, 1.807) is 30.3 Å². The zero-order valence-corrected chi connectivity index (χ0v) is 11.9. The molecule has 1 aliphatic rings. The summed E-state index contributed by atoms with van der Waals surface area (Å²) in [6.45, 7) is -1.10. The molecule has 1 atom stereocenters. The molecular weight excluding hydrogens is 308 g/mol. The van der Waals surface area contributed by atoms with E-state index in [2.05, 4.69) is 0 Å². The number of nitrogens with zero attached hydrogens (tertiary/aromatic N) is 2. The molecule has 1 aromatic rings. The van der Waals surface area contributed by atoms with Gasteiger partial charge in [0.15, 0.2) is 0 Å². The van der Waals surface area contributed by atoms with Crippen molar-refractivity contribution in [3.63, 3.8) is 0 Å². The summed E-state index contributed by atoms with van der Waals surface area (Å²) in [6, 6.07) is 8.59. The van der Waals surface area contributed by atoms with Gasteiger partial charge in [-0.2, -0.15) is 10.0 Å². The minimum atomic E-state index is -1.60. The van der Waals surface area contributed by atoms with Crippen LogP contribution in [0.15, 0.2) is 30.3 Å². The van der Waals surface area contributed by atoms with Crippen molar-refractivity contribution < 1.29 is 34.1 Å². The molecule has 0 bridgehead atoms. The Labute approximate surface area is 130 Å². The third kappa shape index (κ3) is 3.83. The van der Waals surface area contributed by atoms with Gasteiger partial charge in [0.2, 0.25) is 0 Å². The van der Waals surface area contributed by atoms with Gasteiger partial charge in [-0.25, -0.2) is 4.79 Å². The number of benzene rings is 1. The SMILES string of the molecule is O=C(O)CN(C(=O)OCc1ccccc1)N1C(=O)CC(O)C1=O. The molecular formula is C14H14N2O7. The van der Waals surface area contributed by atoms with Gasteiger partial charge < -0.3 is 14.9 Å². The minimum Gasteiger partial charge on any atom is -0.480 e. The second-order valence-corrected chi connectivity index (χ2v) is 4.76. The molecule has 9 nitrogen and oxygen atoms in total. The first-order valence-corrected chi connectivity index (χ1v) is 6.65. The van der Waals surface area contributed by atoms with Crippen molar-refractivity contribution in [2.45, 2.75) is 19.1 Å². The van der Waals surface area contributed by atoms with Crippen molar-refractivity contribution >= 4 is 23.9 Å². The lowest BCUT2D eigenvalue weighted by atomic mass is 10.2. The van der Waals surface area contributed by atoms with Crippen molar-refractivity contribution in [2.24, 2.45) is 0 Å². The Morgan fingerprint density at radius 3 is 2.43 bits per heavy atom. The number of ether oxygens (including phenoxy) is 1. The van der Waals surface area contributed by atoms with Gasteiger partial charge in [0.05, 0.1) is 6.42 Å². The maximum absolute atomic E-state index is 12.0. The van der Waals surface area contributed by atoms with Crippen LogP contribution in [0.3, 0.4) is 0 Å². The first-order valence-electron chi connectivity index (χ1n) is 6.65. The van der Waals surface area contributed by atoms with E-state index in [0.29, 0.717) is 15.6 Å². The van der Waals surface area contributed by atoms with Crippen molar-refractivity contribution in [3.05, 3.63) is 35.9 Å². The van der Waals surface area contributed by atoms with E-state index in [1.807, 2.05) is 0 Å². The maximum Gasteiger partial charge on any atom is 0.430 e. The highest BCUT2D eigenvalue weighted by Crippen LogP contribution is 2.17. The second-order valence-electron chi connectivity index (χ2n) is 4.76. The number of aliphatic hydroxyl groups is 1. The van der Waals surface area contributed by atoms with Crippen molar-refractivity contribution in [1.82, 2.24) is 10.0 Å². The fourth-order valence-corrected chi connectivity index (χ4v) is 2.00. The van der Waals surface area contributed by atoms with Gasteiger partial charge >= 0.3 is 12.1 Å². The van der Waals surface area contributed by atoms with E-state index in [9.17, 15) is 24.3 Å². The fraction of sp³-hybridized carbons (Fsp3) is 0.286. The summed E-state index contributed by atoms with van der Waals surface area (Å²) < 4.78 is 4.93. The van der Waals surface area contributed by atoms with Crippen LogP contribution in [0.5, 0.6) is 0 Å². The molecule has 0 spiro atoms. The Morgan fingerprint density at radius 2 is 1.91 bits per heavy atom. The number of hydrogen-bond donors (Lipinski definition) is 2. The molecule has 23 heavy (non-hydrogen) atoms. The number of carbonyl (C=O) groups excluding carboxylic acids is 3. The van der Waals surface area contributed by atoms with Crippen LogP contribution >= 0.6 is 0 Å². The topological polar surface area (TPSA) is 124 Å². The number of carboxylic acid groups (broad SMARTS) is 1. The zero-order valence-electron chi connectivity index (χ0n) is 11.9. The highest BCUT2D eigenvalue weighted by atomic mass is 16.6. The largest absolute Gasteiger partial charge is 0.480 e. The number of imide groups is 1. The smallest absolute Gasteiger partial charge is 0.430 e. The quantitative estimate of drug-likeness (QED) is 0.716. The monoisotopic (exact) mass is 322 g/mol. The molecule has 1 unspecified atom stereocenters. The van der Waals surface area contributed by atoms with Gasteiger partial charge in [-0.3, -0.25) is 14.4 Å². The predicted molar refractivity (Wildman–Crippen MR) is 73.4 cm³/mol. The normalized spacial score (nSPS) is 17.3. The van der Waals surface area contributed by atoms with Crippen molar-refractivity contribution in [2.75, 3.05) is 6.54 Å². The van der Waals surface area contributed by atoms with E-state index in [0.717, 1.165) is 0 Å². The molecule has 1 saturated heterocycles. The van der Waals surface area contributed by atoms with Crippen LogP contribution < -0.4 is 0 Å². The van der Waals surface area contributed by atoms with Crippen LogP contribution in [-0.2, 0) is 25.7 Å². The third-order valence-electron chi connectivity index (χ3n) is 3.04. The van der Waals surface area contributed by atoms with Crippen molar-refractivity contribution in [3.8, 4) is 0 Å². The van der Waals surface area contributed by atoms with Gasteiger partial charge in [0, 0.05) is 0 Å². The van der Waals surface area contributed by atoms with Crippen LogP contribution in [-0.4, -0.2) is 56.8 Å². The second kappa shape index (κ2) is 6.88. The molecule has 1 aliphatic heterocycles. The minimum absolute atomic E-state index is 0.158. The van der Waals surface area contributed by atoms with Crippen LogP contribution in [0, 0.1) is 0 Å². The average molecular weight is 322 g/mol. The Hall–Kier alpha value is -2.94. The molecule has 2 N–H and O–H groups in total. The number of carboxylic acids is 1. The van der Waals surface area contributed by atoms with Gasteiger partial charge in [0.1, 0.15) is 19.3 Å². The Bertz CT molecular complexity index is 631. The van der Waals surface area contributed by atoms with Gasteiger partial charge in [0.25, 0.3) is 11.8 Å². The summed E-state index contributed by atoms with van der Waals surface area (Å²) in [6.07, 6.45) is -3.28. The number of hydrogen-bond acceptors (Lipinski definition) is 6. The Morgan fingerprint density at radius 1 is 1.26 bits per heavy atom. The number of aliphatic carboxylic acids is 1. The van der Waals surface area contributed by atoms with Gasteiger partial charge in [-0.15, -0.1) is 0 Å². The van der Waals surface area contributed by atoms with Gasteiger partial charge in [-0.1, -0.05) is 30.3 Å². The van der Waals surface area contributed by atoms with Crippen LogP contribution in [0.1, 0.15) is 12.0 Å². The van der Waals surface area contributed by atoms with E-state index in [1.165, 1.54) is 0 Å². The summed E-state index contributed by atoms with van der Waals surface area (Å²) >= 11 is 0. The maximum atomic E-state index is 12.0. The lowest BCUT2D eigenvalue weighted by molar-refractivity contribution is -0.160. The number of amides is 3. The summed E-state index contributed by atoms with van der Waals surface area (Å²) in [7, 11) is 0. The molecule has 1 heterocycles. The lowest BCUT2D eigenvalue weighted by Gasteiger charge is -2.27. The predicted octanol–water partition coefficient (Wildman–Crippen LogP) is -0.255. The molecule has 3 amide bonds. The number of aliphatic hydroxyl groups excluding tert-OH is 1. The zero-order chi connectivity index (χ0) is 17.0. The van der Waals surface area contributed by atoms with E-state index < -0.39 is 42.9 Å². The molecule has 9 heteroatoms. The fourth-order valence-electron chi connectivity index (χ4n) is 2.00. The first-order chi connectivity index (χ1) is 10.9. The lowest BCUT2D eigenvalue weighted by Crippen LogP contribution is -2.52. The summed E-state index contributed by atoms with van der Waals surface area (Å²) in [5.74, 6) is -3.38. The van der Waals surface area contributed by atoms with Crippen LogP contribution in [0.25, 0.3) is 0 Å². The van der Waals surface area contributed by atoms with E-state index >= 15 is 0 Å². The van der Waals surface area contributed by atoms with Crippen LogP contribution in [0.2, 0.25) is 0 Å². The van der Waals surface area contributed by atoms with Gasteiger partial charge in [-0.05, 0) is 5.56 Å². The standard InChI is InChI=1S/C14H14N2O7/c17-10-6-11(18)16(13(10)21)15(7-12(19)20)14(22)23-8-9-4-2-1-3-5-9/h1-5,10,17H,6-8H2,(H,19,20). The third-order valence-corrected chi connectivity index (χ3v) is 3.04. The van der Waals surface area contributed by atoms with Crippen LogP contribution in [0.4, 0.5) is 4.79 Å². The molecule has 0 aliphatic carbocycles. The average Bonchev–Trinajstić information content (AvgIpc) is 2.76. The Balaban J connectivity index is 2.11. The van der Waals surface area contributed by atoms with E-state index in [-0.39, 0.29) is 6.61 Å². The Kier molecular flexibility index (Phi) is 4.91. The molecule has 122 valence electrons. The molecule has 0 aromatic heterocycles. The summed E-state index contributed by atoms with van der Waals surface area (Å²) in [4.78, 5) is 46.4. The number of carbonyl (C=O) groups is 4. The van der Waals surface area contributed by atoms with Crippen molar-refractivity contribution in [1.29, 1.82) is 0 Å². The van der Waals surface area contributed by atoms with E-state index in [4.69, 9.17) is 9.84 Å². The molecule has 0 saturated carbocycles. The molecule has 0 radical (unpaired) electrons. The number of rotatable bonds is 5.